The maximum absolute atomic E-state index is 8.56. The van der Waals surface area contributed by atoms with Crippen molar-refractivity contribution in [3.05, 3.63) is 30.1 Å². The Labute approximate surface area is 102 Å². The highest BCUT2D eigenvalue weighted by molar-refractivity contribution is 5.03. The molecule has 0 aliphatic carbocycles. The first-order valence-corrected chi connectivity index (χ1v) is 6.11. The van der Waals surface area contributed by atoms with Crippen LogP contribution in [0.2, 0.25) is 0 Å². The zero-order chi connectivity index (χ0) is 11.9. The number of aromatic nitrogens is 1. The molecule has 1 aromatic rings. The number of hydrogen-bond donors (Lipinski definition) is 1. The second kappa shape index (κ2) is 6.33. The lowest BCUT2D eigenvalue weighted by molar-refractivity contribution is 0.184. The summed E-state index contributed by atoms with van der Waals surface area (Å²) in [7, 11) is 0. The highest BCUT2D eigenvalue weighted by Crippen LogP contribution is 2.12. The highest BCUT2D eigenvalue weighted by Gasteiger charge is 2.19. The van der Waals surface area contributed by atoms with Crippen molar-refractivity contribution in [1.82, 2.24) is 15.2 Å². The monoisotopic (exact) mass is 230 g/mol. The SMILES string of the molecule is N#CCNC1CCCN(Cc2ccccn2)C1. The van der Waals surface area contributed by atoms with Gasteiger partial charge in [-0.05, 0) is 31.5 Å². The lowest BCUT2D eigenvalue weighted by atomic mass is 10.1. The quantitative estimate of drug-likeness (QED) is 0.789. The first kappa shape index (κ1) is 12.0. The second-order valence-electron chi connectivity index (χ2n) is 4.43. The number of nitrogens with one attached hydrogen (secondary N) is 1. The molecular weight excluding hydrogens is 212 g/mol. The molecule has 1 fully saturated rings. The van der Waals surface area contributed by atoms with Crippen molar-refractivity contribution in [2.45, 2.75) is 25.4 Å². The fourth-order valence-electron chi connectivity index (χ4n) is 2.28. The molecular formula is C13H18N4. The minimum atomic E-state index is 0.447. The van der Waals surface area contributed by atoms with E-state index in [0.29, 0.717) is 12.6 Å². The van der Waals surface area contributed by atoms with Crippen LogP contribution in [0.5, 0.6) is 0 Å². The van der Waals surface area contributed by atoms with Crippen LogP contribution in [0.1, 0.15) is 18.5 Å². The standard InChI is InChI=1S/C13H18N4/c14-6-8-16-13-5-3-9-17(11-13)10-12-4-1-2-7-15-12/h1-2,4,7,13,16H,3,5,8-11H2. The van der Waals surface area contributed by atoms with E-state index in [1.54, 1.807) is 0 Å². The van der Waals surface area contributed by atoms with E-state index < -0.39 is 0 Å². The van der Waals surface area contributed by atoms with Gasteiger partial charge in [-0.1, -0.05) is 6.07 Å². The average molecular weight is 230 g/mol. The lowest BCUT2D eigenvalue weighted by Gasteiger charge is -2.32. The topological polar surface area (TPSA) is 52.0 Å². The summed E-state index contributed by atoms with van der Waals surface area (Å²) >= 11 is 0. The molecule has 1 aliphatic rings. The molecule has 4 nitrogen and oxygen atoms in total. The molecule has 4 heteroatoms. The predicted molar refractivity (Wildman–Crippen MR) is 66.2 cm³/mol. The van der Waals surface area contributed by atoms with Crippen molar-refractivity contribution in [3.63, 3.8) is 0 Å². The summed E-state index contributed by atoms with van der Waals surface area (Å²) in [6.45, 7) is 3.49. The van der Waals surface area contributed by atoms with Gasteiger partial charge in [-0.3, -0.25) is 9.88 Å². The molecule has 90 valence electrons. The zero-order valence-corrected chi connectivity index (χ0v) is 9.97. The third-order valence-corrected chi connectivity index (χ3v) is 3.09. The van der Waals surface area contributed by atoms with E-state index >= 15 is 0 Å². The predicted octanol–water partition coefficient (Wildman–Crippen LogP) is 1.16. The summed E-state index contributed by atoms with van der Waals surface area (Å²) in [5.74, 6) is 0. The molecule has 0 saturated carbocycles. The summed E-state index contributed by atoms with van der Waals surface area (Å²) in [4.78, 5) is 6.75. The van der Waals surface area contributed by atoms with Gasteiger partial charge in [0.2, 0.25) is 0 Å². The van der Waals surface area contributed by atoms with Gasteiger partial charge in [0, 0.05) is 25.3 Å². The molecule has 1 aliphatic heterocycles. The Morgan fingerprint density at radius 2 is 2.47 bits per heavy atom. The minimum absolute atomic E-state index is 0.447. The Bertz CT molecular complexity index is 371. The fourth-order valence-corrected chi connectivity index (χ4v) is 2.28. The number of hydrogen-bond acceptors (Lipinski definition) is 4. The van der Waals surface area contributed by atoms with Crippen molar-refractivity contribution in [2.24, 2.45) is 0 Å². The maximum atomic E-state index is 8.56. The fraction of sp³-hybridized carbons (Fsp3) is 0.538. The smallest absolute Gasteiger partial charge is 0.0843 e. The maximum Gasteiger partial charge on any atom is 0.0843 e. The van der Waals surface area contributed by atoms with Crippen LogP contribution in [-0.2, 0) is 6.54 Å². The Kier molecular flexibility index (Phi) is 4.48. The molecule has 2 rings (SSSR count). The summed E-state index contributed by atoms with van der Waals surface area (Å²) in [5.41, 5.74) is 1.12. The van der Waals surface area contributed by atoms with E-state index in [4.69, 9.17) is 5.26 Å². The Hall–Kier alpha value is -1.44. The molecule has 1 N–H and O–H groups in total. The number of likely N-dealkylation sites (tertiary alicyclic amines) is 1. The van der Waals surface area contributed by atoms with Gasteiger partial charge in [-0.15, -0.1) is 0 Å². The normalized spacial score (nSPS) is 21.0. The number of rotatable bonds is 4. The van der Waals surface area contributed by atoms with E-state index in [1.807, 2.05) is 18.3 Å². The van der Waals surface area contributed by atoms with Crippen LogP contribution in [-0.4, -0.2) is 35.6 Å². The molecule has 0 bridgehead atoms. The Balaban J connectivity index is 1.83. The second-order valence-corrected chi connectivity index (χ2v) is 4.43. The van der Waals surface area contributed by atoms with Crippen LogP contribution in [0.25, 0.3) is 0 Å². The molecule has 1 atom stereocenters. The van der Waals surface area contributed by atoms with Gasteiger partial charge in [-0.2, -0.15) is 5.26 Å². The largest absolute Gasteiger partial charge is 0.300 e. The molecule has 2 heterocycles. The van der Waals surface area contributed by atoms with Crippen molar-refractivity contribution in [2.75, 3.05) is 19.6 Å². The van der Waals surface area contributed by atoms with Crippen LogP contribution < -0.4 is 5.32 Å². The van der Waals surface area contributed by atoms with Crippen molar-refractivity contribution in [3.8, 4) is 6.07 Å². The lowest BCUT2D eigenvalue weighted by Crippen LogP contribution is -2.45. The van der Waals surface area contributed by atoms with Crippen LogP contribution in [0, 0.1) is 11.3 Å². The zero-order valence-electron chi connectivity index (χ0n) is 9.97. The van der Waals surface area contributed by atoms with E-state index in [0.717, 1.165) is 25.3 Å². The summed E-state index contributed by atoms with van der Waals surface area (Å²) in [5, 5.41) is 11.8. The molecule has 0 aromatic carbocycles. The molecule has 1 aromatic heterocycles. The molecule has 0 radical (unpaired) electrons. The summed E-state index contributed by atoms with van der Waals surface area (Å²) < 4.78 is 0. The number of piperidine rings is 1. The molecule has 17 heavy (non-hydrogen) atoms. The van der Waals surface area contributed by atoms with E-state index in [9.17, 15) is 0 Å². The van der Waals surface area contributed by atoms with Crippen molar-refractivity contribution in [1.29, 1.82) is 5.26 Å². The number of nitriles is 1. The Morgan fingerprint density at radius 1 is 1.53 bits per heavy atom. The highest BCUT2D eigenvalue weighted by atomic mass is 15.2. The third kappa shape index (κ3) is 3.81. The van der Waals surface area contributed by atoms with Gasteiger partial charge in [0.1, 0.15) is 0 Å². The van der Waals surface area contributed by atoms with Crippen molar-refractivity contribution >= 4 is 0 Å². The van der Waals surface area contributed by atoms with Gasteiger partial charge in [0.05, 0.1) is 18.3 Å². The van der Waals surface area contributed by atoms with Gasteiger partial charge in [0.25, 0.3) is 0 Å². The molecule has 0 spiro atoms. The Morgan fingerprint density at radius 3 is 3.24 bits per heavy atom. The van der Waals surface area contributed by atoms with E-state index in [-0.39, 0.29) is 0 Å². The van der Waals surface area contributed by atoms with Gasteiger partial charge < -0.3 is 5.32 Å². The number of nitrogens with zero attached hydrogens (tertiary/aromatic N) is 3. The summed E-state index contributed by atoms with van der Waals surface area (Å²) in [6, 6.07) is 8.62. The first-order chi connectivity index (χ1) is 8.38. The van der Waals surface area contributed by atoms with E-state index in [2.05, 4.69) is 27.3 Å². The average Bonchev–Trinajstić information content (AvgIpc) is 2.38. The van der Waals surface area contributed by atoms with Gasteiger partial charge in [0.15, 0.2) is 0 Å². The van der Waals surface area contributed by atoms with Crippen LogP contribution in [0.3, 0.4) is 0 Å². The van der Waals surface area contributed by atoms with E-state index in [1.165, 1.54) is 12.8 Å². The molecule has 1 saturated heterocycles. The van der Waals surface area contributed by atoms with Crippen LogP contribution in [0.4, 0.5) is 0 Å². The summed E-state index contributed by atoms with van der Waals surface area (Å²) in [6.07, 6.45) is 4.20. The van der Waals surface area contributed by atoms with Crippen LogP contribution in [0.15, 0.2) is 24.4 Å². The van der Waals surface area contributed by atoms with Gasteiger partial charge >= 0.3 is 0 Å². The first-order valence-electron chi connectivity index (χ1n) is 6.11. The van der Waals surface area contributed by atoms with Gasteiger partial charge in [-0.25, -0.2) is 0 Å². The van der Waals surface area contributed by atoms with Crippen LogP contribution >= 0.6 is 0 Å². The third-order valence-electron chi connectivity index (χ3n) is 3.09. The minimum Gasteiger partial charge on any atom is -0.300 e. The molecule has 0 amide bonds. The number of pyridine rings is 1. The molecule has 1 unspecified atom stereocenters. The van der Waals surface area contributed by atoms with Crippen molar-refractivity contribution < 1.29 is 0 Å².